The van der Waals surface area contributed by atoms with E-state index in [-0.39, 0.29) is 0 Å². The molecule has 0 atom stereocenters. The maximum absolute atomic E-state index is 12.7. The number of hydrogen-bond donors (Lipinski definition) is 0. The number of unbranched alkanes of at least 4 members (excludes halogenated alkanes) is 2. The molecule has 19 heavy (non-hydrogen) atoms. The minimum atomic E-state index is -3.03. The normalized spacial score (nSPS) is 11.7. The molecule has 1 heterocycles. The van der Waals surface area contributed by atoms with Gasteiger partial charge in [-0.25, -0.2) is 0 Å². The van der Waals surface area contributed by atoms with Crippen LogP contribution in [-0.2, 0) is 19.8 Å². The Hall–Kier alpha value is -0.700. The number of hydrogen-bond acceptors (Lipinski definition) is 4. The molecule has 0 aromatic carbocycles. The van der Waals surface area contributed by atoms with E-state index < -0.39 is 7.60 Å². The highest BCUT2D eigenvalue weighted by molar-refractivity contribution is 7.53. The zero-order chi connectivity index (χ0) is 14.0. The van der Waals surface area contributed by atoms with Gasteiger partial charge in [0.15, 0.2) is 0 Å². The van der Waals surface area contributed by atoms with Crippen LogP contribution in [0.15, 0.2) is 24.5 Å². The van der Waals surface area contributed by atoms with E-state index in [1.807, 2.05) is 12.1 Å². The monoisotopic (exact) mass is 285 g/mol. The van der Waals surface area contributed by atoms with Crippen LogP contribution in [0.3, 0.4) is 0 Å². The largest absolute Gasteiger partial charge is 0.335 e. The molecule has 0 aliphatic carbocycles. The standard InChI is InChI=1S/C14H24NO3P/c1-3-5-11-17-19(16,18-12-6-4-2)13-14-7-9-15-10-8-14/h7-10H,3-6,11-13H2,1-2H3. The summed E-state index contributed by atoms with van der Waals surface area (Å²) in [6, 6.07) is 3.69. The molecule has 5 heteroatoms. The van der Waals surface area contributed by atoms with Crippen LogP contribution in [-0.4, -0.2) is 18.2 Å². The molecule has 0 aliphatic rings. The minimum Gasteiger partial charge on any atom is -0.308 e. The Labute approximate surface area is 116 Å². The van der Waals surface area contributed by atoms with Gasteiger partial charge in [-0.3, -0.25) is 9.55 Å². The van der Waals surface area contributed by atoms with Gasteiger partial charge in [-0.2, -0.15) is 0 Å². The molecule has 0 N–H and O–H groups in total. The van der Waals surface area contributed by atoms with E-state index in [0.29, 0.717) is 19.4 Å². The molecule has 0 saturated heterocycles. The smallest absolute Gasteiger partial charge is 0.308 e. The van der Waals surface area contributed by atoms with E-state index in [4.69, 9.17) is 9.05 Å². The fraction of sp³-hybridized carbons (Fsp3) is 0.643. The molecule has 108 valence electrons. The first kappa shape index (κ1) is 16.4. The fourth-order valence-corrected chi connectivity index (χ4v) is 3.27. The molecule has 4 nitrogen and oxygen atoms in total. The van der Waals surface area contributed by atoms with E-state index >= 15 is 0 Å². The quantitative estimate of drug-likeness (QED) is 0.472. The zero-order valence-electron chi connectivity index (χ0n) is 11.9. The van der Waals surface area contributed by atoms with Gasteiger partial charge in [0, 0.05) is 12.4 Å². The van der Waals surface area contributed by atoms with Crippen LogP contribution in [0, 0.1) is 0 Å². The highest BCUT2D eigenvalue weighted by Crippen LogP contribution is 2.51. The van der Waals surface area contributed by atoms with Crippen molar-refractivity contribution in [3.8, 4) is 0 Å². The van der Waals surface area contributed by atoms with Gasteiger partial charge in [0.1, 0.15) is 0 Å². The van der Waals surface area contributed by atoms with Gasteiger partial charge in [-0.05, 0) is 30.5 Å². The third-order valence-electron chi connectivity index (χ3n) is 2.70. The Kier molecular flexibility index (Phi) is 7.96. The first-order valence-corrected chi connectivity index (χ1v) is 8.70. The van der Waals surface area contributed by atoms with Gasteiger partial charge in [0.05, 0.1) is 19.4 Å². The molecular formula is C14H24NO3P. The molecule has 1 aromatic rings. The van der Waals surface area contributed by atoms with Crippen LogP contribution in [0.2, 0.25) is 0 Å². The summed E-state index contributed by atoms with van der Waals surface area (Å²) in [5.41, 5.74) is 0.936. The van der Waals surface area contributed by atoms with Gasteiger partial charge in [0.2, 0.25) is 0 Å². The third-order valence-corrected chi connectivity index (χ3v) is 4.60. The Morgan fingerprint density at radius 2 is 1.58 bits per heavy atom. The third kappa shape index (κ3) is 6.86. The van der Waals surface area contributed by atoms with Crippen LogP contribution < -0.4 is 0 Å². The summed E-state index contributed by atoms with van der Waals surface area (Å²) in [6.45, 7) is 5.14. The Balaban J connectivity index is 2.59. The molecule has 1 aromatic heterocycles. The molecule has 0 spiro atoms. The van der Waals surface area contributed by atoms with Crippen molar-refractivity contribution in [2.24, 2.45) is 0 Å². The Morgan fingerprint density at radius 3 is 2.05 bits per heavy atom. The van der Waals surface area contributed by atoms with Gasteiger partial charge in [-0.1, -0.05) is 26.7 Å². The summed E-state index contributed by atoms with van der Waals surface area (Å²) in [4.78, 5) is 3.95. The summed E-state index contributed by atoms with van der Waals surface area (Å²) in [6.07, 6.45) is 7.54. The van der Waals surface area contributed by atoms with Crippen LogP contribution in [0.5, 0.6) is 0 Å². The van der Waals surface area contributed by atoms with Gasteiger partial charge < -0.3 is 9.05 Å². The number of pyridine rings is 1. The van der Waals surface area contributed by atoms with Crippen molar-refractivity contribution in [2.45, 2.75) is 45.7 Å². The Bertz CT molecular complexity index is 370. The fourth-order valence-electron chi connectivity index (χ4n) is 1.54. The lowest BCUT2D eigenvalue weighted by Gasteiger charge is -2.18. The van der Waals surface area contributed by atoms with Crippen LogP contribution in [0.1, 0.15) is 45.1 Å². The van der Waals surface area contributed by atoms with E-state index in [0.717, 1.165) is 31.2 Å². The molecule has 0 unspecified atom stereocenters. The lowest BCUT2D eigenvalue weighted by molar-refractivity contribution is 0.199. The second kappa shape index (κ2) is 9.24. The maximum Gasteiger partial charge on any atom is 0.335 e. The van der Waals surface area contributed by atoms with Crippen molar-refractivity contribution < 1.29 is 13.6 Å². The van der Waals surface area contributed by atoms with E-state index in [1.54, 1.807) is 12.4 Å². The number of rotatable bonds is 10. The maximum atomic E-state index is 12.7. The van der Waals surface area contributed by atoms with Crippen LogP contribution in [0.25, 0.3) is 0 Å². The summed E-state index contributed by atoms with van der Waals surface area (Å²) in [5, 5.41) is 0. The lowest BCUT2D eigenvalue weighted by Crippen LogP contribution is -2.02. The Morgan fingerprint density at radius 1 is 1.05 bits per heavy atom. The average Bonchev–Trinajstić information content (AvgIpc) is 2.40. The second-order valence-electron chi connectivity index (χ2n) is 4.50. The molecule has 0 amide bonds. The van der Waals surface area contributed by atoms with Crippen molar-refractivity contribution in [1.82, 2.24) is 4.98 Å². The van der Waals surface area contributed by atoms with Crippen molar-refractivity contribution in [1.29, 1.82) is 0 Å². The predicted octanol–water partition coefficient (Wildman–Crippen LogP) is 4.41. The van der Waals surface area contributed by atoms with Crippen molar-refractivity contribution in [2.75, 3.05) is 13.2 Å². The molecule has 0 aliphatic heterocycles. The highest BCUT2D eigenvalue weighted by atomic mass is 31.2. The van der Waals surface area contributed by atoms with E-state index in [1.165, 1.54) is 0 Å². The zero-order valence-corrected chi connectivity index (χ0v) is 12.8. The lowest BCUT2D eigenvalue weighted by atomic mass is 10.3. The minimum absolute atomic E-state index is 0.322. The number of aromatic nitrogens is 1. The summed E-state index contributed by atoms with van der Waals surface area (Å²) in [5.74, 6) is 0. The molecular weight excluding hydrogens is 261 g/mol. The predicted molar refractivity (Wildman–Crippen MR) is 77.3 cm³/mol. The summed E-state index contributed by atoms with van der Waals surface area (Å²) >= 11 is 0. The summed E-state index contributed by atoms with van der Waals surface area (Å²) in [7, 11) is -3.03. The van der Waals surface area contributed by atoms with E-state index in [2.05, 4.69) is 18.8 Å². The molecule has 1 rings (SSSR count). The highest BCUT2D eigenvalue weighted by Gasteiger charge is 2.24. The first-order chi connectivity index (χ1) is 9.20. The molecule has 0 radical (unpaired) electrons. The topological polar surface area (TPSA) is 48.4 Å². The molecule has 0 fully saturated rings. The van der Waals surface area contributed by atoms with Crippen molar-refractivity contribution in [3.63, 3.8) is 0 Å². The first-order valence-electron chi connectivity index (χ1n) is 6.97. The van der Waals surface area contributed by atoms with Crippen molar-refractivity contribution >= 4 is 7.60 Å². The summed E-state index contributed by atoms with van der Waals surface area (Å²) < 4.78 is 23.7. The SMILES string of the molecule is CCCCOP(=O)(Cc1ccncc1)OCCCC. The number of nitrogens with zero attached hydrogens (tertiary/aromatic N) is 1. The van der Waals surface area contributed by atoms with Gasteiger partial charge >= 0.3 is 7.60 Å². The second-order valence-corrected chi connectivity index (χ2v) is 6.55. The van der Waals surface area contributed by atoms with Gasteiger partial charge in [-0.15, -0.1) is 0 Å². The average molecular weight is 285 g/mol. The molecule has 0 bridgehead atoms. The van der Waals surface area contributed by atoms with Crippen LogP contribution >= 0.6 is 7.60 Å². The van der Waals surface area contributed by atoms with Crippen LogP contribution in [0.4, 0.5) is 0 Å². The molecule has 0 saturated carbocycles. The van der Waals surface area contributed by atoms with Gasteiger partial charge in [0.25, 0.3) is 0 Å². The van der Waals surface area contributed by atoms with Crippen molar-refractivity contribution in [3.05, 3.63) is 30.1 Å². The van der Waals surface area contributed by atoms with E-state index in [9.17, 15) is 4.57 Å².